The van der Waals surface area contributed by atoms with E-state index in [4.69, 9.17) is 0 Å². The summed E-state index contributed by atoms with van der Waals surface area (Å²) in [5.74, 6) is 0.764. The Morgan fingerprint density at radius 3 is 2.38 bits per heavy atom. The van der Waals surface area contributed by atoms with Crippen LogP contribution in [0.25, 0.3) is 0 Å². The van der Waals surface area contributed by atoms with E-state index in [1.165, 1.54) is 25.7 Å². The minimum atomic E-state index is 0.0321. The van der Waals surface area contributed by atoms with E-state index in [0.717, 1.165) is 25.7 Å². The van der Waals surface area contributed by atoms with Gasteiger partial charge in [-0.3, -0.25) is 10.1 Å². The molecule has 124 valence electrons. The molecule has 4 unspecified atom stereocenters. The lowest BCUT2D eigenvalue weighted by Crippen LogP contribution is -2.43. The Balaban J connectivity index is 2.64. The predicted molar refractivity (Wildman–Crippen MR) is 90.1 cm³/mol. The van der Waals surface area contributed by atoms with Crippen molar-refractivity contribution >= 4 is 5.91 Å². The van der Waals surface area contributed by atoms with E-state index >= 15 is 0 Å². The number of amides is 1. The van der Waals surface area contributed by atoms with Crippen LogP contribution in [0.15, 0.2) is 0 Å². The maximum atomic E-state index is 12.8. The van der Waals surface area contributed by atoms with Crippen LogP contribution in [-0.2, 0) is 4.79 Å². The maximum Gasteiger partial charge on any atom is 0.241 e. The molecule has 3 nitrogen and oxygen atoms in total. The smallest absolute Gasteiger partial charge is 0.241 e. The zero-order valence-electron chi connectivity index (χ0n) is 14.8. The van der Waals surface area contributed by atoms with Crippen molar-refractivity contribution in [1.29, 1.82) is 0 Å². The van der Waals surface area contributed by atoms with Gasteiger partial charge in [0.15, 0.2) is 0 Å². The van der Waals surface area contributed by atoms with Crippen LogP contribution < -0.4 is 5.32 Å². The Labute approximate surface area is 131 Å². The number of hydrogen-bond acceptors (Lipinski definition) is 2. The molecule has 1 rings (SSSR count). The molecule has 21 heavy (non-hydrogen) atoms. The molecule has 0 radical (unpaired) electrons. The number of unbranched alkanes of at least 4 members (excludes halogenated alkanes) is 3. The number of hydrogen-bond donors (Lipinski definition) is 1. The molecule has 0 aromatic heterocycles. The Morgan fingerprint density at radius 2 is 1.81 bits per heavy atom. The van der Waals surface area contributed by atoms with E-state index in [0.29, 0.717) is 17.9 Å². The highest BCUT2D eigenvalue weighted by Gasteiger charge is 2.42. The van der Waals surface area contributed by atoms with Crippen LogP contribution in [0.2, 0.25) is 0 Å². The molecule has 1 amide bonds. The topological polar surface area (TPSA) is 32.3 Å². The number of nitrogens with one attached hydrogen (secondary N) is 1. The molecule has 0 aromatic rings. The molecule has 1 N–H and O–H groups in total. The van der Waals surface area contributed by atoms with Gasteiger partial charge in [0.25, 0.3) is 0 Å². The van der Waals surface area contributed by atoms with Gasteiger partial charge in [0, 0.05) is 6.04 Å². The average molecular weight is 296 g/mol. The highest BCUT2D eigenvalue weighted by atomic mass is 16.2. The lowest BCUT2D eigenvalue weighted by Gasteiger charge is -2.30. The van der Waals surface area contributed by atoms with Crippen molar-refractivity contribution < 1.29 is 4.79 Å². The summed E-state index contributed by atoms with van der Waals surface area (Å²) in [4.78, 5) is 14.9. The predicted octanol–water partition coefficient (Wildman–Crippen LogP) is 4.32. The van der Waals surface area contributed by atoms with Crippen molar-refractivity contribution in [1.82, 2.24) is 10.2 Å². The summed E-state index contributed by atoms with van der Waals surface area (Å²) in [5.41, 5.74) is 0. The van der Waals surface area contributed by atoms with Crippen LogP contribution in [0.5, 0.6) is 0 Å². The van der Waals surface area contributed by atoms with Crippen molar-refractivity contribution in [2.24, 2.45) is 5.92 Å². The zero-order valence-corrected chi connectivity index (χ0v) is 14.8. The minimum absolute atomic E-state index is 0.0321. The van der Waals surface area contributed by atoms with Gasteiger partial charge in [-0.05, 0) is 25.7 Å². The number of carbonyl (C=O) groups is 1. The molecule has 0 aromatic carbocycles. The first-order chi connectivity index (χ1) is 10.1. The van der Waals surface area contributed by atoms with Gasteiger partial charge in [-0.1, -0.05) is 66.2 Å². The molecule has 1 fully saturated rings. The van der Waals surface area contributed by atoms with E-state index in [2.05, 4.69) is 44.8 Å². The molecule has 0 aliphatic carbocycles. The molecular weight excluding hydrogens is 260 g/mol. The Hall–Kier alpha value is -0.570. The largest absolute Gasteiger partial charge is 0.323 e. The molecule has 1 aliphatic heterocycles. The summed E-state index contributed by atoms with van der Waals surface area (Å²) >= 11 is 0. The normalized spacial score (nSPS) is 25.4. The van der Waals surface area contributed by atoms with E-state index in [1.807, 2.05) is 0 Å². The first-order valence-corrected chi connectivity index (χ1v) is 9.14. The fraction of sp³-hybridized carbons (Fsp3) is 0.944. The van der Waals surface area contributed by atoms with Crippen LogP contribution in [0.4, 0.5) is 0 Å². The van der Waals surface area contributed by atoms with Crippen molar-refractivity contribution in [3.8, 4) is 0 Å². The molecule has 1 heterocycles. The number of carbonyl (C=O) groups excluding carboxylic acids is 1. The molecule has 1 aliphatic rings. The second kappa shape index (κ2) is 9.45. The fourth-order valence-electron chi connectivity index (χ4n) is 3.34. The second-order valence-corrected chi connectivity index (χ2v) is 6.78. The van der Waals surface area contributed by atoms with E-state index in [-0.39, 0.29) is 12.2 Å². The van der Waals surface area contributed by atoms with Gasteiger partial charge in [0.2, 0.25) is 5.91 Å². The third kappa shape index (κ3) is 4.98. The summed E-state index contributed by atoms with van der Waals surface area (Å²) in [6.07, 6.45) is 9.76. The van der Waals surface area contributed by atoms with Gasteiger partial charge in [-0.25, -0.2) is 0 Å². The molecule has 0 saturated carbocycles. The van der Waals surface area contributed by atoms with Gasteiger partial charge >= 0.3 is 0 Å². The van der Waals surface area contributed by atoms with Crippen LogP contribution >= 0.6 is 0 Å². The Kier molecular flexibility index (Phi) is 8.31. The van der Waals surface area contributed by atoms with Gasteiger partial charge in [0.1, 0.15) is 0 Å². The summed E-state index contributed by atoms with van der Waals surface area (Å²) in [7, 11) is 0. The quantitative estimate of drug-likeness (QED) is 0.609. The molecular formula is C18H36N2O. The highest BCUT2D eigenvalue weighted by molar-refractivity contribution is 5.85. The summed E-state index contributed by atoms with van der Waals surface area (Å²) in [6.45, 7) is 11.0. The van der Waals surface area contributed by atoms with Gasteiger partial charge < -0.3 is 4.90 Å². The summed E-state index contributed by atoms with van der Waals surface area (Å²) in [6, 6.07) is 0.400. The summed E-state index contributed by atoms with van der Waals surface area (Å²) in [5, 5.41) is 3.60. The molecule has 0 bridgehead atoms. The molecule has 1 saturated heterocycles. The zero-order chi connectivity index (χ0) is 15.8. The summed E-state index contributed by atoms with van der Waals surface area (Å²) < 4.78 is 0. The standard InChI is InChI=1S/C18H36N2O/c1-6-9-10-11-13-15(5)20-16(12-7-2)19-17(18(20)21)14(4)8-3/h14-17,19H,6-13H2,1-5H3. The van der Waals surface area contributed by atoms with Crippen molar-refractivity contribution in [3.05, 3.63) is 0 Å². The number of rotatable bonds is 10. The Bertz CT molecular complexity index is 306. The number of nitrogens with zero attached hydrogens (tertiary/aromatic N) is 1. The second-order valence-electron chi connectivity index (χ2n) is 6.78. The van der Waals surface area contributed by atoms with Crippen molar-refractivity contribution in [2.75, 3.05) is 0 Å². The third-order valence-electron chi connectivity index (χ3n) is 4.95. The fourth-order valence-corrected chi connectivity index (χ4v) is 3.34. The van der Waals surface area contributed by atoms with Gasteiger partial charge in [-0.15, -0.1) is 0 Å². The van der Waals surface area contributed by atoms with Crippen molar-refractivity contribution in [3.63, 3.8) is 0 Å². The van der Waals surface area contributed by atoms with Gasteiger partial charge in [-0.2, -0.15) is 0 Å². The Morgan fingerprint density at radius 1 is 1.10 bits per heavy atom. The van der Waals surface area contributed by atoms with Crippen LogP contribution in [0.1, 0.15) is 86.0 Å². The van der Waals surface area contributed by atoms with Crippen LogP contribution in [0, 0.1) is 5.92 Å². The molecule has 4 atom stereocenters. The monoisotopic (exact) mass is 296 g/mol. The highest BCUT2D eigenvalue weighted by Crippen LogP contribution is 2.25. The lowest BCUT2D eigenvalue weighted by molar-refractivity contribution is -0.133. The third-order valence-corrected chi connectivity index (χ3v) is 4.95. The minimum Gasteiger partial charge on any atom is -0.323 e. The van der Waals surface area contributed by atoms with E-state index in [1.54, 1.807) is 0 Å². The first kappa shape index (κ1) is 18.5. The SMILES string of the molecule is CCCCCCC(C)N1C(=O)C(C(C)CC)NC1CCC. The molecule has 0 spiro atoms. The van der Waals surface area contributed by atoms with E-state index in [9.17, 15) is 4.79 Å². The lowest BCUT2D eigenvalue weighted by atomic mass is 9.99. The maximum absolute atomic E-state index is 12.8. The average Bonchev–Trinajstić information content (AvgIpc) is 2.80. The van der Waals surface area contributed by atoms with Crippen molar-refractivity contribution in [2.45, 2.75) is 104 Å². The molecule has 3 heteroatoms. The van der Waals surface area contributed by atoms with Crippen LogP contribution in [0.3, 0.4) is 0 Å². The van der Waals surface area contributed by atoms with Gasteiger partial charge in [0.05, 0.1) is 12.2 Å². The van der Waals surface area contributed by atoms with E-state index < -0.39 is 0 Å². The van der Waals surface area contributed by atoms with Crippen LogP contribution in [-0.4, -0.2) is 29.1 Å². The first-order valence-electron chi connectivity index (χ1n) is 9.14.